The minimum Gasteiger partial charge on any atom is -0.394 e. The fourth-order valence-corrected chi connectivity index (χ4v) is 3.47. The molecule has 0 aliphatic carbocycles. The quantitative estimate of drug-likeness (QED) is 0.248. The summed E-state index contributed by atoms with van der Waals surface area (Å²) in [7, 11) is 0. The average Bonchev–Trinajstić information content (AvgIpc) is 2.63. The molecule has 2 aliphatic rings. The molecule has 0 bridgehead atoms. The minimum atomic E-state index is -1.67. The van der Waals surface area contributed by atoms with Crippen molar-refractivity contribution >= 4 is 0 Å². The molecule has 7 N–H and O–H groups in total. The molecule has 166 valence electrons. The average molecular weight is 410 g/mol. The summed E-state index contributed by atoms with van der Waals surface area (Å²) in [5.74, 6) is 0. The van der Waals surface area contributed by atoms with Crippen LogP contribution < -0.4 is 0 Å². The van der Waals surface area contributed by atoms with Crippen LogP contribution in [-0.2, 0) is 14.2 Å². The van der Waals surface area contributed by atoms with Gasteiger partial charge in [0.15, 0.2) is 6.29 Å². The normalized spacial score (nSPS) is 45.2. The fourth-order valence-electron chi connectivity index (χ4n) is 3.47. The van der Waals surface area contributed by atoms with Gasteiger partial charge in [-0.3, -0.25) is 0 Å². The van der Waals surface area contributed by atoms with E-state index in [0.717, 1.165) is 0 Å². The van der Waals surface area contributed by atoms with Crippen LogP contribution in [0.15, 0.2) is 0 Å². The lowest BCUT2D eigenvalue weighted by Crippen LogP contribution is -2.64. The maximum absolute atomic E-state index is 10.7. The predicted octanol–water partition coefficient (Wildman–Crippen LogP) is -2.52. The maximum atomic E-state index is 10.7. The molecule has 6 unspecified atom stereocenters. The Bertz CT molecular complexity index is 481. The molecule has 2 heterocycles. The van der Waals surface area contributed by atoms with Crippen molar-refractivity contribution < 1.29 is 50.0 Å². The number of aliphatic hydroxyl groups excluding tert-OH is 7. The summed E-state index contributed by atoms with van der Waals surface area (Å²) in [5.41, 5.74) is -0.0263. The second-order valence-electron chi connectivity index (χ2n) is 8.77. The van der Waals surface area contributed by atoms with Gasteiger partial charge in [0, 0.05) is 0 Å². The Balaban J connectivity index is 2.14. The van der Waals surface area contributed by atoms with Crippen molar-refractivity contribution in [3.05, 3.63) is 0 Å². The third kappa shape index (κ3) is 5.39. The summed E-state index contributed by atoms with van der Waals surface area (Å²) in [6, 6.07) is 0. The van der Waals surface area contributed by atoms with Gasteiger partial charge in [-0.05, 0) is 18.3 Å². The topological polar surface area (TPSA) is 169 Å². The van der Waals surface area contributed by atoms with Crippen molar-refractivity contribution in [2.75, 3.05) is 13.2 Å². The van der Waals surface area contributed by atoms with Gasteiger partial charge in [0.25, 0.3) is 0 Å². The van der Waals surface area contributed by atoms with E-state index in [1.165, 1.54) is 0 Å². The lowest BCUT2D eigenvalue weighted by Gasteiger charge is -2.46. The third-order valence-corrected chi connectivity index (χ3v) is 5.28. The molecule has 0 amide bonds. The predicted molar refractivity (Wildman–Crippen MR) is 95.1 cm³/mol. The monoisotopic (exact) mass is 410 g/mol. The van der Waals surface area contributed by atoms with Gasteiger partial charge in [-0.2, -0.15) is 0 Å². The van der Waals surface area contributed by atoms with Crippen LogP contribution in [0, 0.1) is 5.41 Å². The molecular weight excluding hydrogens is 376 g/mol. The highest BCUT2D eigenvalue weighted by Gasteiger charge is 2.50. The summed E-state index contributed by atoms with van der Waals surface area (Å²) in [5, 5.41) is 69.8. The molecule has 0 aromatic rings. The Morgan fingerprint density at radius 2 is 1.25 bits per heavy atom. The van der Waals surface area contributed by atoms with Crippen molar-refractivity contribution in [3.63, 3.8) is 0 Å². The Morgan fingerprint density at radius 1 is 0.714 bits per heavy atom. The first-order chi connectivity index (χ1) is 13.0. The Labute approximate surface area is 164 Å². The van der Waals surface area contributed by atoms with E-state index in [1.807, 2.05) is 20.8 Å². The molecule has 0 aromatic carbocycles. The zero-order valence-corrected chi connectivity index (χ0v) is 16.5. The third-order valence-electron chi connectivity index (χ3n) is 5.28. The first-order valence-electron chi connectivity index (χ1n) is 9.58. The summed E-state index contributed by atoms with van der Waals surface area (Å²) >= 11 is 0. The van der Waals surface area contributed by atoms with Gasteiger partial charge >= 0.3 is 0 Å². The number of hydrogen-bond acceptors (Lipinski definition) is 10. The van der Waals surface area contributed by atoms with Crippen LogP contribution in [-0.4, -0.2) is 110 Å². The zero-order valence-electron chi connectivity index (χ0n) is 16.5. The standard InChI is InChI=1S/C18H34O10/c1-18(2,3)5-4-8-12(22)16(13(23)10(7-20)26-8)28-17-15(25)14(24)11(21)9(6-19)27-17/h8-17,19-25H,4-7H2,1-3H3/t8?,9?,10?,11-,12+,13?,14?,15-,16?,17+/m0/s1. The summed E-state index contributed by atoms with van der Waals surface area (Å²) in [6.45, 7) is 4.96. The van der Waals surface area contributed by atoms with E-state index in [1.54, 1.807) is 0 Å². The fraction of sp³-hybridized carbons (Fsp3) is 1.00. The summed E-state index contributed by atoms with van der Waals surface area (Å²) in [6.07, 6.45) is -12.1. The minimum absolute atomic E-state index is 0.0263. The first-order valence-corrected chi connectivity index (χ1v) is 9.58. The molecule has 2 aliphatic heterocycles. The molecule has 10 atom stereocenters. The second kappa shape index (κ2) is 9.61. The van der Waals surface area contributed by atoms with Crippen molar-refractivity contribution in [3.8, 4) is 0 Å². The molecule has 0 aromatic heterocycles. The Kier molecular flexibility index (Phi) is 8.19. The summed E-state index contributed by atoms with van der Waals surface area (Å²) < 4.78 is 16.5. The molecule has 2 saturated heterocycles. The Morgan fingerprint density at radius 3 is 1.79 bits per heavy atom. The molecule has 0 radical (unpaired) electrons. The highest BCUT2D eigenvalue weighted by Crippen LogP contribution is 2.32. The van der Waals surface area contributed by atoms with E-state index < -0.39 is 74.4 Å². The lowest BCUT2D eigenvalue weighted by molar-refractivity contribution is -0.342. The highest BCUT2D eigenvalue weighted by atomic mass is 16.7. The van der Waals surface area contributed by atoms with Gasteiger partial charge in [-0.1, -0.05) is 20.8 Å². The van der Waals surface area contributed by atoms with Gasteiger partial charge in [-0.25, -0.2) is 0 Å². The molecule has 0 saturated carbocycles. The van der Waals surface area contributed by atoms with E-state index in [9.17, 15) is 35.7 Å². The van der Waals surface area contributed by atoms with Gasteiger partial charge in [0.2, 0.25) is 0 Å². The zero-order chi connectivity index (χ0) is 21.2. The van der Waals surface area contributed by atoms with Crippen molar-refractivity contribution in [1.82, 2.24) is 0 Å². The molecule has 2 fully saturated rings. The first kappa shape index (κ1) is 23.9. The lowest BCUT2D eigenvalue weighted by atomic mass is 9.85. The van der Waals surface area contributed by atoms with Crippen LogP contribution in [0.3, 0.4) is 0 Å². The van der Waals surface area contributed by atoms with Crippen LogP contribution in [0.1, 0.15) is 33.6 Å². The maximum Gasteiger partial charge on any atom is 0.187 e. The Hall–Kier alpha value is -0.400. The van der Waals surface area contributed by atoms with E-state index in [0.29, 0.717) is 12.8 Å². The molecule has 2 rings (SSSR count). The highest BCUT2D eigenvalue weighted by molar-refractivity contribution is 4.96. The van der Waals surface area contributed by atoms with Crippen LogP contribution in [0.5, 0.6) is 0 Å². The number of aliphatic hydroxyl groups is 7. The largest absolute Gasteiger partial charge is 0.394 e. The number of ether oxygens (including phenoxy) is 3. The van der Waals surface area contributed by atoms with E-state index in [2.05, 4.69) is 0 Å². The van der Waals surface area contributed by atoms with Crippen molar-refractivity contribution in [2.24, 2.45) is 5.41 Å². The molecular formula is C18H34O10. The second-order valence-corrected chi connectivity index (χ2v) is 8.77. The van der Waals surface area contributed by atoms with Gasteiger partial charge in [0.1, 0.15) is 48.8 Å². The number of rotatable bonds is 6. The smallest absolute Gasteiger partial charge is 0.187 e. The van der Waals surface area contributed by atoms with Crippen LogP contribution in [0.4, 0.5) is 0 Å². The van der Waals surface area contributed by atoms with Gasteiger partial charge in [0.05, 0.1) is 19.3 Å². The van der Waals surface area contributed by atoms with Crippen LogP contribution in [0.25, 0.3) is 0 Å². The molecule has 10 heteroatoms. The van der Waals surface area contributed by atoms with Crippen LogP contribution in [0.2, 0.25) is 0 Å². The van der Waals surface area contributed by atoms with Gasteiger partial charge in [-0.15, -0.1) is 0 Å². The number of hydrogen-bond donors (Lipinski definition) is 7. The van der Waals surface area contributed by atoms with E-state index in [4.69, 9.17) is 14.2 Å². The van der Waals surface area contributed by atoms with Gasteiger partial charge < -0.3 is 50.0 Å². The summed E-state index contributed by atoms with van der Waals surface area (Å²) in [4.78, 5) is 0. The molecule has 0 spiro atoms. The van der Waals surface area contributed by atoms with Crippen LogP contribution >= 0.6 is 0 Å². The molecule has 10 nitrogen and oxygen atoms in total. The van der Waals surface area contributed by atoms with E-state index >= 15 is 0 Å². The molecule has 28 heavy (non-hydrogen) atoms. The SMILES string of the molecule is CC(C)(C)CCC1OC(CO)C(O)C(O[C@H]2OC(CO)[C@H](O)C(O)[C@@H]2O)[C@@H]1O. The van der Waals surface area contributed by atoms with Crippen molar-refractivity contribution in [1.29, 1.82) is 0 Å². The van der Waals surface area contributed by atoms with Crippen molar-refractivity contribution in [2.45, 2.75) is 94.8 Å². The van der Waals surface area contributed by atoms with E-state index in [-0.39, 0.29) is 5.41 Å².